The van der Waals surface area contributed by atoms with Gasteiger partial charge in [0.05, 0.1) is 9.40 Å². The minimum atomic E-state index is 1.23. The zero-order valence-electron chi connectivity index (χ0n) is 29.1. The standard InChI is InChI=1S/C52H30S2/c1-2-11-35-29-37(22-19-31(35)9-1)49-41-15-7-5-13-39(41)48(40-14-6-8-16-42(40)49)34-20-17-32(18-21-34)36-24-27-46-45(30-36)43-25-26-44-50-38-12-4-3-10-33(38)23-28-47(50)54-52(44)51(43)53-46/h1-30H. The van der Waals surface area contributed by atoms with Crippen LogP contribution in [0.15, 0.2) is 182 Å². The van der Waals surface area contributed by atoms with E-state index in [4.69, 9.17) is 0 Å². The first kappa shape index (κ1) is 30.2. The van der Waals surface area contributed by atoms with Gasteiger partial charge in [-0.15, -0.1) is 22.7 Å². The molecule has 0 saturated heterocycles. The Morgan fingerprint density at radius 2 is 0.759 bits per heavy atom. The fourth-order valence-electron chi connectivity index (χ4n) is 8.94. The summed E-state index contributed by atoms with van der Waals surface area (Å²) in [6.07, 6.45) is 0. The highest BCUT2D eigenvalue weighted by Gasteiger charge is 2.18. The summed E-state index contributed by atoms with van der Waals surface area (Å²) in [5.74, 6) is 0. The molecule has 54 heavy (non-hydrogen) atoms. The van der Waals surface area contributed by atoms with Gasteiger partial charge in [-0.25, -0.2) is 0 Å². The Labute approximate surface area is 319 Å². The maximum atomic E-state index is 2.40. The Kier molecular flexibility index (Phi) is 6.48. The molecule has 0 radical (unpaired) electrons. The van der Waals surface area contributed by atoms with E-state index in [2.05, 4.69) is 182 Å². The molecule has 0 atom stereocenters. The molecule has 0 saturated carbocycles. The second kappa shape index (κ2) is 11.6. The number of hydrogen-bond acceptors (Lipinski definition) is 2. The van der Waals surface area contributed by atoms with E-state index in [1.807, 2.05) is 22.7 Å². The molecular weight excluding hydrogens is 689 g/mol. The van der Waals surface area contributed by atoms with Crippen LogP contribution in [0.2, 0.25) is 0 Å². The van der Waals surface area contributed by atoms with Gasteiger partial charge in [-0.2, -0.15) is 0 Å². The lowest BCUT2D eigenvalue weighted by molar-refractivity contribution is 1.63. The predicted octanol–water partition coefficient (Wildman–Crippen LogP) is 16.0. The van der Waals surface area contributed by atoms with Gasteiger partial charge in [0, 0.05) is 30.9 Å². The van der Waals surface area contributed by atoms with E-state index in [9.17, 15) is 0 Å². The van der Waals surface area contributed by atoms with Crippen LogP contribution in [0.3, 0.4) is 0 Å². The van der Waals surface area contributed by atoms with Crippen molar-refractivity contribution in [3.63, 3.8) is 0 Å². The SMILES string of the molecule is c1ccc2cc(-c3c4ccccc4c(-c4ccc(-c5ccc6sc7c(ccc8c7sc7ccc9ccccc9c78)c6c5)cc4)c4ccccc34)ccc2c1. The van der Waals surface area contributed by atoms with Gasteiger partial charge in [0.1, 0.15) is 0 Å². The van der Waals surface area contributed by atoms with Crippen LogP contribution in [0.25, 0.3) is 117 Å². The summed E-state index contributed by atoms with van der Waals surface area (Å²) in [6.45, 7) is 0. The minimum Gasteiger partial charge on any atom is -0.134 e. The summed E-state index contributed by atoms with van der Waals surface area (Å²) in [5.41, 5.74) is 7.55. The van der Waals surface area contributed by atoms with Crippen molar-refractivity contribution in [2.24, 2.45) is 0 Å². The van der Waals surface area contributed by atoms with Crippen molar-refractivity contribution in [3.8, 4) is 33.4 Å². The van der Waals surface area contributed by atoms with Gasteiger partial charge in [0.25, 0.3) is 0 Å². The highest BCUT2D eigenvalue weighted by atomic mass is 32.1. The summed E-state index contributed by atoms with van der Waals surface area (Å²) in [5, 5.41) is 15.7. The molecule has 2 heterocycles. The van der Waals surface area contributed by atoms with E-state index in [1.165, 1.54) is 117 Å². The molecule has 0 nitrogen and oxygen atoms in total. The molecule has 10 aromatic carbocycles. The Morgan fingerprint density at radius 1 is 0.259 bits per heavy atom. The molecule has 0 N–H and O–H groups in total. The smallest absolute Gasteiger partial charge is 0.0534 e. The topological polar surface area (TPSA) is 0 Å². The van der Waals surface area contributed by atoms with Crippen molar-refractivity contribution >= 4 is 106 Å². The lowest BCUT2D eigenvalue weighted by atomic mass is 9.85. The molecule has 0 bridgehead atoms. The van der Waals surface area contributed by atoms with E-state index >= 15 is 0 Å². The van der Waals surface area contributed by atoms with Crippen LogP contribution < -0.4 is 0 Å². The van der Waals surface area contributed by atoms with Crippen molar-refractivity contribution in [3.05, 3.63) is 182 Å². The number of rotatable bonds is 3. The van der Waals surface area contributed by atoms with Crippen LogP contribution in [0.1, 0.15) is 0 Å². The van der Waals surface area contributed by atoms with Crippen molar-refractivity contribution in [1.82, 2.24) is 0 Å². The summed E-state index contributed by atoms with van der Waals surface area (Å²) in [7, 11) is 0. The summed E-state index contributed by atoms with van der Waals surface area (Å²) in [6, 6.07) is 67.7. The van der Waals surface area contributed by atoms with Crippen LogP contribution in [0, 0.1) is 0 Å². The normalized spacial score (nSPS) is 12.1. The molecule has 12 rings (SSSR count). The molecule has 0 aliphatic heterocycles. The van der Waals surface area contributed by atoms with Crippen LogP contribution in [0.5, 0.6) is 0 Å². The third-order valence-corrected chi connectivity index (χ3v) is 14.0. The van der Waals surface area contributed by atoms with Gasteiger partial charge in [-0.05, 0) is 101 Å². The molecule has 250 valence electrons. The third kappa shape index (κ3) is 4.42. The molecular formula is C52H30S2. The number of benzene rings is 10. The van der Waals surface area contributed by atoms with Gasteiger partial charge in [0.2, 0.25) is 0 Å². The second-order valence-corrected chi connectivity index (χ2v) is 16.5. The van der Waals surface area contributed by atoms with E-state index in [-0.39, 0.29) is 0 Å². The Hall–Kier alpha value is -6.32. The van der Waals surface area contributed by atoms with E-state index in [1.54, 1.807) is 0 Å². The molecule has 0 spiro atoms. The average Bonchev–Trinajstić information content (AvgIpc) is 3.81. The lowest BCUT2D eigenvalue weighted by Gasteiger charge is -2.18. The zero-order valence-corrected chi connectivity index (χ0v) is 30.8. The quantitative estimate of drug-likeness (QED) is 0.160. The molecule has 0 fully saturated rings. The first-order chi connectivity index (χ1) is 26.8. The zero-order chi connectivity index (χ0) is 35.3. The largest absolute Gasteiger partial charge is 0.134 e. The van der Waals surface area contributed by atoms with Gasteiger partial charge >= 0.3 is 0 Å². The molecule has 0 amide bonds. The molecule has 0 aliphatic rings. The Balaban J connectivity index is 0.987. The highest BCUT2D eigenvalue weighted by Crippen LogP contribution is 2.48. The Bertz CT molecular complexity index is 3430. The summed E-state index contributed by atoms with van der Waals surface area (Å²) in [4.78, 5) is 0. The van der Waals surface area contributed by atoms with Crippen LogP contribution in [-0.2, 0) is 0 Å². The van der Waals surface area contributed by atoms with E-state index in [0.717, 1.165) is 0 Å². The van der Waals surface area contributed by atoms with Crippen LogP contribution in [0.4, 0.5) is 0 Å². The third-order valence-electron chi connectivity index (χ3n) is 11.4. The molecule has 0 aliphatic carbocycles. The maximum absolute atomic E-state index is 2.40. The maximum Gasteiger partial charge on any atom is 0.0534 e. The second-order valence-electron chi connectivity index (χ2n) is 14.4. The van der Waals surface area contributed by atoms with Crippen molar-refractivity contribution < 1.29 is 0 Å². The average molecular weight is 719 g/mol. The molecule has 12 aromatic rings. The van der Waals surface area contributed by atoms with Gasteiger partial charge in [0.15, 0.2) is 0 Å². The van der Waals surface area contributed by atoms with E-state index < -0.39 is 0 Å². The lowest BCUT2D eigenvalue weighted by Crippen LogP contribution is -1.91. The minimum absolute atomic E-state index is 1.23. The summed E-state index contributed by atoms with van der Waals surface area (Å²) >= 11 is 3.86. The van der Waals surface area contributed by atoms with Crippen molar-refractivity contribution in [2.45, 2.75) is 0 Å². The first-order valence-corrected chi connectivity index (χ1v) is 20.1. The van der Waals surface area contributed by atoms with E-state index in [0.29, 0.717) is 0 Å². The first-order valence-electron chi connectivity index (χ1n) is 18.5. The number of fused-ring (bicyclic) bond motifs is 12. The highest BCUT2D eigenvalue weighted by molar-refractivity contribution is 7.33. The summed E-state index contributed by atoms with van der Waals surface area (Å²) < 4.78 is 5.49. The van der Waals surface area contributed by atoms with Crippen LogP contribution >= 0.6 is 22.7 Å². The number of thiophene rings is 2. The molecule has 0 unspecified atom stereocenters. The van der Waals surface area contributed by atoms with Gasteiger partial charge in [-0.1, -0.05) is 158 Å². The molecule has 2 heteroatoms. The fourth-order valence-corrected chi connectivity index (χ4v) is 11.5. The van der Waals surface area contributed by atoms with Crippen molar-refractivity contribution in [1.29, 1.82) is 0 Å². The molecule has 2 aromatic heterocycles. The number of hydrogen-bond donors (Lipinski definition) is 0. The van der Waals surface area contributed by atoms with Gasteiger partial charge < -0.3 is 0 Å². The van der Waals surface area contributed by atoms with Crippen molar-refractivity contribution in [2.75, 3.05) is 0 Å². The Morgan fingerprint density at radius 3 is 1.50 bits per heavy atom. The predicted molar refractivity (Wildman–Crippen MR) is 239 cm³/mol. The van der Waals surface area contributed by atoms with Gasteiger partial charge in [-0.3, -0.25) is 0 Å². The van der Waals surface area contributed by atoms with Crippen LogP contribution in [-0.4, -0.2) is 0 Å². The monoisotopic (exact) mass is 718 g/mol. The fraction of sp³-hybridized carbons (Fsp3) is 0.